The predicted molar refractivity (Wildman–Crippen MR) is 70.9 cm³/mol. The summed E-state index contributed by atoms with van der Waals surface area (Å²) < 4.78 is 8.08. The summed E-state index contributed by atoms with van der Waals surface area (Å²) >= 11 is 0. The number of aromatic nitrogens is 3. The van der Waals surface area contributed by atoms with Gasteiger partial charge in [0.05, 0.1) is 17.3 Å². The van der Waals surface area contributed by atoms with E-state index in [1.807, 2.05) is 10.9 Å². The van der Waals surface area contributed by atoms with Gasteiger partial charge in [-0.05, 0) is 38.5 Å². The fourth-order valence-electron chi connectivity index (χ4n) is 3.46. The Balaban J connectivity index is 1.66. The first-order valence-electron chi connectivity index (χ1n) is 7.47. The second-order valence-electron chi connectivity index (χ2n) is 5.90. The molecule has 1 saturated carbocycles. The topological polar surface area (TPSA) is 60.2 Å². The molecule has 19 heavy (non-hydrogen) atoms. The first-order chi connectivity index (χ1) is 9.31. The van der Waals surface area contributed by atoms with E-state index in [0.29, 0.717) is 6.04 Å². The summed E-state index contributed by atoms with van der Waals surface area (Å²) in [4.78, 5) is 0. The SMILES string of the molecule is OCCCc1cn(C2CCOC3(CCCC3)C2)nn1. The molecule has 1 aromatic heterocycles. The minimum absolute atomic E-state index is 0.125. The first-order valence-corrected chi connectivity index (χ1v) is 7.47. The molecule has 1 saturated heterocycles. The minimum atomic E-state index is 0.125. The fourth-order valence-corrected chi connectivity index (χ4v) is 3.46. The third-order valence-corrected chi connectivity index (χ3v) is 4.50. The van der Waals surface area contributed by atoms with Gasteiger partial charge in [0.15, 0.2) is 0 Å². The van der Waals surface area contributed by atoms with Crippen LogP contribution in [0.2, 0.25) is 0 Å². The molecule has 0 bridgehead atoms. The molecule has 1 aromatic rings. The number of rotatable bonds is 4. The van der Waals surface area contributed by atoms with E-state index in [0.717, 1.165) is 38.0 Å². The molecule has 5 nitrogen and oxygen atoms in total. The van der Waals surface area contributed by atoms with Gasteiger partial charge in [-0.3, -0.25) is 0 Å². The van der Waals surface area contributed by atoms with Crippen LogP contribution in [0.25, 0.3) is 0 Å². The van der Waals surface area contributed by atoms with Crippen molar-refractivity contribution in [2.24, 2.45) is 0 Å². The lowest BCUT2D eigenvalue weighted by molar-refractivity contribution is -0.0911. The molecule has 2 fully saturated rings. The molecule has 1 unspecified atom stereocenters. The number of ether oxygens (including phenoxy) is 1. The molecule has 1 spiro atoms. The Morgan fingerprint density at radius 1 is 1.42 bits per heavy atom. The van der Waals surface area contributed by atoms with Crippen molar-refractivity contribution in [2.75, 3.05) is 13.2 Å². The highest BCUT2D eigenvalue weighted by Gasteiger charge is 2.40. The molecule has 1 N–H and O–H groups in total. The standard InChI is InChI=1S/C14H23N3O2/c18-8-3-4-12-11-17(16-15-12)13-5-9-19-14(10-13)6-1-2-7-14/h11,13,18H,1-10H2. The molecule has 106 valence electrons. The van der Waals surface area contributed by atoms with E-state index in [9.17, 15) is 0 Å². The molecule has 1 aliphatic heterocycles. The second-order valence-corrected chi connectivity index (χ2v) is 5.90. The van der Waals surface area contributed by atoms with Crippen molar-refractivity contribution in [3.8, 4) is 0 Å². The summed E-state index contributed by atoms with van der Waals surface area (Å²) in [6.07, 6.45) is 10.7. The number of aliphatic hydroxyl groups excluding tert-OH is 1. The maximum atomic E-state index is 8.85. The fraction of sp³-hybridized carbons (Fsp3) is 0.857. The van der Waals surface area contributed by atoms with Crippen molar-refractivity contribution in [1.29, 1.82) is 0 Å². The van der Waals surface area contributed by atoms with Crippen LogP contribution in [-0.2, 0) is 11.2 Å². The number of aryl methyl sites for hydroxylation is 1. The maximum absolute atomic E-state index is 8.85. The van der Waals surface area contributed by atoms with E-state index < -0.39 is 0 Å². The molecule has 1 aliphatic carbocycles. The molecular weight excluding hydrogens is 242 g/mol. The molecule has 3 rings (SSSR count). The van der Waals surface area contributed by atoms with Gasteiger partial charge in [0.2, 0.25) is 0 Å². The van der Waals surface area contributed by atoms with Gasteiger partial charge >= 0.3 is 0 Å². The normalized spacial score (nSPS) is 26.1. The monoisotopic (exact) mass is 265 g/mol. The Morgan fingerprint density at radius 3 is 3.05 bits per heavy atom. The van der Waals surface area contributed by atoms with E-state index in [2.05, 4.69) is 10.3 Å². The summed E-state index contributed by atoms with van der Waals surface area (Å²) in [5.74, 6) is 0. The van der Waals surface area contributed by atoms with E-state index >= 15 is 0 Å². The molecule has 2 aliphatic rings. The van der Waals surface area contributed by atoms with Crippen LogP contribution < -0.4 is 0 Å². The third kappa shape index (κ3) is 2.82. The van der Waals surface area contributed by atoms with Gasteiger partial charge in [-0.25, -0.2) is 4.68 Å². The van der Waals surface area contributed by atoms with E-state index in [1.54, 1.807) is 0 Å². The maximum Gasteiger partial charge on any atom is 0.0828 e. The largest absolute Gasteiger partial charge is 0.396 e. The number of aliphatic hydroxyl groups is 1. The van der Waals surface area contributed by atoms with Gasteiger partial charge < -0.3 is 9.84 Å². The third-order valence-electron chi connectivity index (χ3n) is 4.50. The van der Waals surface area contributed by atoms with Gasteiger partial charge in [0.25, 0.3) is 0 Å². The quantitative estimate of drug-likeness (QED) is 0.903. The Bertz CT molecular complexity index is 413. The van der Waals surface area contributed by atoms with E-state index in [4.69, 9.17) is 9.84 Å². The van der Waals surface area contributed by atoms with Gasteiger partial charge in [0.1, 0.15) is 0 Å². The van der Waals surface area contributed by atoms with Crippen LogP contribution in [0.3, 0.4) is 0 Å². The molecule has 0 radical (unpaired) electrons. The van der Waals surface area contributed by atoms with Crippen molar-refractivity contribution in [3.05, 3.63) is 11.9 Å². The van der Waals surface area contributed by atoms with Crippen LogP contribution in [0, 0.1) is 0 Å². The molecule has 1 atom stereocenters. The molecule has 2 heterocycles. The van der Waals surface area contributed by atoms with Crippen LogP contribution in [-0.4, -0.2) is 38.9 Å². The van der Waals surface area contributed by atoms with Gasteiger partial charge in [-0.1, -0.05) is 18.1 Å². The summed E-state index contributed by atoms with van der Waals surface area (Å²) in [5.41, 5.74) is 1.11. The highest BCUT2D eigenvalue weighted by Crippen LogP contribution is 2.43. The zero-order chi connectivity index (χ0) is 13.1. The van der Waals surface area contributed by atoms with Crippen molar-refractivity contribution in [2.45, 2.75) is 63.0 Å². The van der Waals surface area contributed by atoms with E-state index in [1.165, 1.54) is 25.7 Å². The lowest BCUT2D eigenvalue weighted by Crippen LogP contribution is -2.38. The number of nitrogens with zero attached hydrogens (tertiary/aromatic N) is 3. The van der Waals surface area contributed by atoms with Crippen molar-refractivity contribution in [3.63, 3.8) is 0 Å². The predicted octanol–water partition coefficient (Wildman–Crippen LogP) is 1.87. The molecule has 0 amide bonds. The molecular formula is C14H23N3O2. The van der Waals surface area contributed by atoms with Gasteiger partial charge in [-0.2, -0.15) is 0 Å². The number of hydrogen-bond donors (Lipinski definition) is 1. The average Bonchev–Trinajstić information content (AvgIpc) is 3.06. The first kappa shape index (κ1) is 13.1. The molecule has 5 heteroatoms. The van der Waals surface area contributed by atoms with Crippen LogP contribution in [0.5, 0.6) is 0 Å². The Kier molecular flexibility index (Phi) is 3.84. The van der Waals surface area contributed by atoms with Crippen LogP contribution in [0.4, 0.5) is 0 Å². The second kappa shape index (κ2) is 5.59. The van der Waals surface area contributed by atoms with Gasteiger partial charge in [-0.15, -0.1) is 5.10 Å². The lowest BCUT2D eigenvalue weighted by atomic mass is 9.89. The van der Waals surface area contributed by atoms with Crippen LogP contribution in [0.15, 0.2) is 6.20 Å². The highest BCUT2D eigenvalue weighted by atomic mass is 16.5. The van der Waals surface area contributed by atoms with E-state index in [-0.39, 0.29) is 12.2 Å². The van der Waals surface area contributed by atoms with Crippen molar-refractivity contribution >= 4 is 0 Å². The lowest BCUT2D eigenvalue weighted by Gasteiger charge is -2.38. The Hall–Kier alpha value is -0.940. The smallest absolute Gasteiger partial charge is 0.0828 e. The summed E-state index contributed by atoms with van der Waals surface area (Å²) in [6, 6.07) is 0.433. The zero-order valence-electron chi connectivity index (χ0n) is 11.4. The Morgan fingerprint density at radius 2 is 2.26 bits per heavy atom. The van der Waals surface area contributed by atoms with Crippen molar-refractivity contribution in [1.82, 2.24) is 15.0 Å². The number of hydrogen-bond acceptors (Lipinski definition) is 4. The Labute approximate surface area is 114 Å². The molecule has 0 aromatic carbocycles. The summed E-state index contributed by atoms with van der Waals surface area (Å²) in [5, 5.41) is 17.3. The minimum Gasteiger partial charge on any atom is -0.396 e. The van der Waals surface area contributed by atoms with Crippen LogP contribution in [0.1, 0.15) is 56.7 Å². The summed E-state index contributed by atoms with van der Waals surface area (Å²) in [7, 11) is 0. The average molecular weight is 265 g/mol. The highest BCUT2D eigenvalue weighted by molar-refractivity contribution is 4.97. The van der Waals surface area contributed by atoms with Crippen LogP contribution >= 0.6 is 0 Å². The summed E-state index contributed by atoms with van der Waals surface area (Å²) in [6.45, 7) is 1.06. The van der Waals surface area contributed by atoms with Crippen molar-refractivity contribution < 1.29 is 9.84 Å². The van der Waals surface area contributed by atoms with Gasteiger partial charge in [0, 0.05) is 19.4 Å². The zero-order valence-corrected chi connectivity index (χ0v) is 11.4.